The average molecular weight is 382 g/mol. The van der Waals surface area contributed by atoms with Gasteiger partial charge in [0, 0.05) is 25.6 Å². The van der Waals surface area contributed by atoms with E-state index in [9.17, 15) is 9.59 Å². The van der Waals surface area contributed by atoms with Crippen LogP contribution in [0.15, 0.2) is 24.3 Å². The molecule has 26 heavy (non-hydrogen) atoms. The molecule has 1 saturated heterocycles. The molecule has 1 aliphatic rings. The van der Waals surface area contributed by atoms with Gasteiger partial charge in [-0.1, -0.05) is 49.6 Å². The molecule has 5 nitrogen and oxygen atoms in total. The maximum Gasteiger partial charge on any atom is 0.244 e. The number of benzene rings is 1. The zero-order valence-corrected chi connectivity index (χ0v) is 16.7. The van der Waals surface area contributed by atoms with Crippen molar-refractivity contribution < 1.29 is 9.59 Å². The summed E-state index contributed by atoms with van der Waals surface area (Å²) in [5, 5.41) is 3.02. The molecule has 3 N–H and O–H groups in total. The van der Waals surface area contributed by atoms with Gasteiger partial charge in [-0.25, -0.2) is 0 Å². The predicted molar refractivity (Wildman–Crippen MR) is 107 cm³/mol. The van der Waals surface area contributed by atoms with Crippen molar-refractivity contribution in [1.82, 2.24) is 10.2 Å². The molecule has 6 heteroatoms. The highest BCUT2D eigenvalue weighted by atomic mass is 35.5. The second kappa shape index (κ2) is 11.2. The summed E-state index contributed by atoms with van der Waals surface area (Å²) < 4.78 is 0. The summed E-state index contributed by atoms with van der Waals surface area (Å²) in [6.07, 6.45) is 4.75. The van der Waals surface area contributed by atoms with Gasteiger partial charge in [-0.15, -0.1) is 12.4 Å². The summed E-state index contributed by atoms with van der Waals surface area (Å²) in [5.41, 5.74) is 8.12. The van der Waals surface area contributed by atoms with Gasteiger partial charge >= 0.3 is 0 Å². The van der Waals surface area contributed by atoms with Crippen LogP contribution < -0.4 is 11.1 Å². The van der Waals surface area contributed by atoms with Gasteiger partial charge < -0.3 is 16.0 Å². The van der Waals surface area contributed by atoms with E-state index in [1.807, 2.05) is 31.2 Å². The third-order valence-corrected chi connectivity index (χ3v) is 4.96. The molecule has 0 radical (unpaired) electrons. The van der Waals surface area contributed by atoms with Gasteiger partial charge in [0.2, 0.25) is 11.8 Å². The topological polar surface area (TPSA) is 75.4 Å². The highest BCUT2D eigenvalue weighted by Crippen LogP contribution is 2.21. The van der Waals surface area contributed by atoms with Crippen molar-refractivity contribution in [2.75, 3.05) is 19.6 Å². The van der Waals surface area contributed by atoms with E-state index in [-0.39, 0.29) is 30.1 Å². The molecular formula is C20H32ClN3O2. The maximum absolute atomic E-state index is 12.6. The largest absolute Gasteiger partial charge is 0.356 e. The van der Waals surface area contributed by atoms with Crippen molar-refractivity contribution in [1.29, 1.82) is 0 Å². The predicted octanol–water partition coefficient (Wildman–Crippen LogP) is 2.96. The Morgan fingerprint density at radius 3 is 2.38 bits per heavy atom. The minimum atomic E-state index is -0.625. The maximum atomic E-state index is 12.6. The molecule has 1 aromatic carbocycles. The third kappa shape index (κ3) is 6.29. The first-order valence-electron chi connectivity index (χ1n) is 9.41. The third-order valence-electron chi connectivity index (χ3n) is 4.96. The second-order valence-electron chi connectivity index (χ2n) is 6.99. The zero-order valence-electron chi connectivity index (χ0n) is 15.9. The van der Waals surface area contributed by atoms with Crippen molar-refractivity contribution in [3.8, 4) is 0 Å². The van der Waals surface area contributed by atoms with Crippen molar-refractivity contribution in [2.45, 2.75) is 52.0 Å². The Labute approximate surface area is 163 Å². The van der Waals surface area contributed by atoms with Crippen LogP contribution in [0.5, 0.6) is 0 Å². The first-order chi connectivity index (χ1) is 12.0. The molecule has 0 spiro atoms. The Hall–Kier alpha value is -1.59. The van der Waals surface area contributed by atoms with E-state index in [1.54, 1.807) is 4.90 Å². The number of hydrogen-bond acceptors (Lipinski definition) is 3. The first kappa shape index (κ1) is 22.5. The molecule has 1 aromatic rings. The summed E-state index contributed by atoms with van der Waals surface area (Å²) in [6, 6.07) is 7.14. The zero-order chi connectivity index (χ0) is 18.2. The van der Waals surface area contributed by atoms with Crippen LogP contribution in [0.4, 0.5) is 0 Å². The van der Waals surface area contributed by atoms with Crippen LogP contribution >= 0.6 is 12.4 Å². The second-order valence-corrected chi connectivity index (χ2v) is 6.99. The number of aryl methyl sites for hydroxylation is 1. The number of likely N-dealkylation sites (tertiary alicyclic amines) is 1. The highest BCUT2D eigenvalue weighted by molar-refractivity contribution is 5.85. The standard InChI is InChI=1S/C20H31N3O2.ClH/c1-3-4-5-12-22-19(24)17-10-13-23(14-11-17)20(25)18(21)16-8-6-15(2)7-9-16;/h6-9,17-18H,3-5,10-14,21H2,1-2H3,(H,22,24);1H. The number of piperidine rings is 1. The van der Waals surface area contributed by atoms with E-state index in [1.165, 1.54) is 0 Å². The number of carbonyl (C=O) groups is 2. The van der Waals surface area contributed by atoms with Crippen LogP contribution in [0, 0.1) is 12.8 Å². The minimum Gasteiger partial charge on any atom is -0.356 e. The Morgan fingerprint density at radius 2 is 1.81 bits per heavy atom. The molecule has 2 amide bonds. The van der Waals surface area contributed by atoms with Crippen LogP contribution in [0.1, 0.15) is 56.2 Å². The van der Waals surface area contributed by atoms with Gasteiger partial charge in [0.1, 0.15) is 6.04 Å². The molecule has 1 aliphatic heterocycles. The number of rotatable bonds is 7. The minimum absolute atomic E-state index is 0. The lowest BCUT2D eigenvalue weighted by Gasteiger charge is -2.33. The molecule has 0 saturated carbocycles. The molecule has 1 heterocycles. The summed E-state index contributed by atoms with van der Waals surface area (Å²) in [7, 11) is 0. The van der Waals surface area contributed by atoms with Crippen LogP contribution in [0.3, 0.4) is 0 Å². The van der Waals surface area contributed by atoms with Crippen LogP contribution in [-0.4, -0.2) is 36.3 Å². The SMILES string of the molecule is CCCCCNC(=O)C1CCN(C(=O)C(N)c2ccc(C)cc2)CC1.Cl. The molecule has 1 atom stereocenters. The van der Waals surface area contributed by atoms with Crippen LogP contribution in [-0.2, 0) is 9.59 Å². The molecule has 1 unspecified atom stereocenters. The Bertz CT molecular complexity index is 569. The van der Waals surface area contributed by atoms with Gasteiger partial charge in [-0.3, -0.25) is 9.59 Å². The molecule has 0 bridgehead atoms. The lowest BCUT2D eigenvalue weighted by molar-refractivity contribution is -0.136. The smallest absolute Gasteiger partial charge is 0.244 e. The van der Waals surface area contributed by atoms with E-state index in [4.69, 9.17) is 5.73 Å². The molecule has 2 rings (SSSR count). The monoisotopic (exact) mass is 381 g/mol. The number of amides is 2. The fourth-order valence-electron chi connectivity index (χ4n) is 3.21. The van der Waals surface area contributed by atoms with Crippen LogP contribution in [0.25, 0.3) is 0 Å². The number of halogens is 1. The summed E-state index contributed by atoms with van der Waals surface area (Å²) >= 11 is 0. The van der Waals surface area contributed by atoms with Gasteiger partial charge in [0.05, 0.1) is 0 Å². The number of nitrogens with two attached hydrogens (primary N) is 1. The van der Waals surface area contributed by atoms with E-state index >= 15 is 0 Å². The summed E-state index contributed by atoms with van der Waals surface area (Å²) in [5.74, 6) is 0.0953. The normalized spacial score (nSPS) is 15.9. The number of nitrogens with zero attached hydrogens (tertiary/aromatic N) is 1. The molecule has 146 valence electrons. The van der Waals surface area contributed by atoms with Gasteiger partial charge in [-0.05, 0) is 31.7 Å². The quantitative estimate of drug-likeness (QED) is 0.713. The van der Waals surface area contributed by atoms with Crippen molar-refractivity contribution in [3.05, 3.63) is 35.4 Å². The van der Waals surface area contributed by atoms with Gasteiger partial charge in [0.25, 0.3) is 0 Å². The van der Waals surface area contributed by atoms with Gasteiger partial charge in [-0.2, -0.15) is 0 Å². The van der Waals surface area contributed by atoms with E-state index < -0.39 is 6.04 Å². The number of nitrogens with one attached hydrogen (secondary N) is 1. The summed E-state index contributed by atoms with van der Waals surface area (Å²) in [4.78, 5) is 26.6. The lowest BCUT2D eigenvalue weighted by atomic mass is 9.94. The van der Waals surface area contributed by atoms with Crippen molar-refractivity contribution >= 4 is 24.2 Å². The van der Waals surface area contributed by atoms with Gasteiger partial charge in [0.15, 0.2) is 0 Å². The van der Waals surface area contributed by atoms with E-state index in [2.05, 4.69) is 12.2 Å². The molecule has 1 fully saturated rings. The Balaban J connectivity index is 0.00000338. The van der Waals surface area contributed by atoms with E-state index in [0.717, 1.165) is 36.9 Å². The summed E-state index contributed by atoms with van der Waals surface area (Å²) in [6.45, 7) is 6.12. The first-order valence-corrected chi connectivity index (χ1v) is 9.41. The van der Waals surface area contributed by atoms with Crippen LogP contribution in [0.2, 0.25) is 0 Å². The van der Waals surface area contributed by atoms with E-state index in [0.29, 0.717) is 25.9 Å². The fourth-order valence-corrected chi connectivity index (χ4v) is 3.21. The average Bonchev–Trinajstić information content (AvgIpc) is 2.64. The number of unbranched alkanes of at least 4 members (excludes halogenated alkanes) is 2. The Morgan fingerprint density at radius 1 is 1.19 bits per heavy atom. The molecule has 0 aliphatic carbocycles. The fraction of sp³-hybridized carbons (Fsp3) is 0.600. The number of carbonyl (C=O) groups excluding carboxylic acids is 2. The van der Waals surface area contributed by atoms with Crippen molar-refractivity contribution in [2.24, 2.45) is 11.7 Å². The highest BCUT2D eigenvalue weighted by Gasteiger charge is 2.29. The molecule has 0 aromatic heterocycles. The lowest BCUT2D eigenvalue weighted by Crippen LogP contribution is -2.46. The van der Waals surface area contributed by atoms with Crippen molar-refractivity contribution in [3.63, 3.8) is 0 Å². The molecular weight excluding hydrogens is 350 g/mol. The Kier molecular flexibility index (Phi) is 9.66. The number of hydrogen-bond donors (Lipinski definition) is 2.